The van der Waals surface area contributed by atoms with E-state index in [1.807, 2.05) is 0 Å². The van der Waals surface area contributed by atoms with Crippen molar-refractivity contribution < 1.29 is 28.8 Å². The largest absolute Gasteiger partial charge is 0.486 e. The summed E-state index contributed by atoms with van der Waals surface area (Å²) in [4.78, 5) is 51.3. The van der Waals surface area contributed by atoms with Crippen molar-refractivity contribution in [1.82, 2.24) is 4.90 Å². The Kier molecular flexibility index (Phi) is 7.77. The van der Waals surface area contributed by atoms with Crippen LogP contribution < -0.4 is 14.8 Å². The molecule has 2 aliphatic rings. The van der Waals surface area contributed by atoms with Gasteiger partial charge in [0.25, 0.3) is 16.8 Å². The second-order valence-electron chi connectivity index (χ2n) is 8.21. The topological polar surface area (TPSA) is 128 Å². The monoisotopic (exact) mass is 583 g/mol. The number of amides is 3. The minimum Gasteiger partial charge on any atom is -0.486 e. The number of anilines is 1. The third kappa shape index (κ3) is 6.19. The summed E-state index contributed by atoms with van der Waals surface area (Å²) in [5.74, 6) is -0.189. The molecule has 1 saturated heterocycles. The van der Waals surface area contributed by atoms with Crippen molar-refractivity contribution in [3.8, 4) is 11.5 Å². The predicted octanol–water partition coefficient (Wildman–Crippen LogP) is 5.85. The fourth-order valence-electron chi connectivity index (χ4n) is 3.74. The molecule has 0 spiro atoms. The number of fused-ring (bicyclic) bond motifs is 1. The van der Waals surface area contributed by atoms with E-state index in [-0.39, 0.29) is 10.6 Å². The van der Waals surface area contributed by atoms with Crippen LogP contribution in [0.15, 0.2) is 75.4 Å². The van der Waals surface area contributed by atoms with E-state index >= 15 is 0 Å². The standard InChI is InChI=1S/C26H18ClN3O7S2/c27-16-2-5-18(6-3-16)38-22-8-1-15(11-19(22)30(34)35)12-23-25(32)29(26(33)39-23)14-24(31)28-17-4-7-20-21(13-17)37-10-9-36-20/h1-8,11-13H,9-10,14H2,(H,28,31)/b23-12-. The fraction of sp³-hybridized carbons (Fsp3) is 0.115. The van der Waals surface area contributed by atoms with Crippen LogP contribution in [0.2, 0.25) is 5.02 Å². The molecule has 2 aliphatic heterocycles. The normalized spacial score (nSPS) is 15.5. The van der Waals surface area contributed by atoms with Gasteiger partial charge in [-0.15, -0.1) is 0 Å². The molecule has 0 aliphatic carbocycles. The van der Waals surface area contributed by atoms with E-state index in [0.29, 0.717) is 57.6 Å². The molecule has 0 bridgehead atoms. The third-order valence-corrected chi connectivity index (χ3v) is 7.75. The zero-order chi connectivity index (χ0) is 27.5. The Hall–Kier alpha value is -4.00. The van der Waals surface area contributed by atoms with Crippen LogP contribution in [0.3, 0.4) is 0 Å². The van der Waals surface area contributed by atoms with Crippen LogP contribution in [0, 0.1) is 10.1 Å². The molecule has 0 aromatic heterocycles. The van der Waals surface area contributed by atoms with Crippen molar-refractivity contribution in [2.75, 3.05) is 25.1 Å². The van der Waals surface area contributed by atoms with Gasteiger partial charge in [0.05, 0.1) is 14.7 Å². The lowest BCUT2D eigenvalue weighted by molar-refractivity contribution is -0.387. The number of rotatable bonds is 7. The van der Waals surface area contributed by atoms with E-state index in [2.05, 4.69) is 5.32 Å². The molecule has 0 radical (unpaired) electrons. The molecule has 0 atom stereocenters. The number of carbonyl (C=O) groups excluding carboxylic acids is 3. The van der Waals surface area contributed by atoms with Crippen molar-refractivity contribution >= 4 is 69.6 Å². The summed E-state index contributed by atoms with van der Waals surface area (Å²) < 4.78 is 10.9. The number of hydrogen-bond acceptors (Lipinski definition) is 9. The highest BCUT2D eigenvalue weighted by molar-refractivity contribution is 8.18. The first-order chi connectivity index (χ1) is 18.8. The minimum atomic E-state index is -0.662. The predicted molar refractivity (Wildman–Crippen MR) is 147 cm³/mol. The highest BCUT2D eigenvalue weighted by atomic mass is 35.5. The molecule has 0 saturated carbocycles. The second-order valence-corrected chi connectivity index (χ2v) is 10.8. The number of hydrogen-bond donors (Lipinski definition) is 1. The minimum absolute atomic E-state index is 0.0551. The molecule has 3 aromatic carbocycles. The number of thioether (sulfide) groups is 1. The maximum absolute atomic E-state index is 12.9. The van der Waals surface area contributed by atoms with Gasteiger partial charge in [-0.05, 0) is 65.9 Å². The zero-order valence-electron chi connectivity index (χ0n) is 19.9. The number of nitro benzene ring substituents is 1. The molecular formula is C26H18ClN3O7S2. The number of halogens is 1. The lowest BCUT2D eigenvalue weighted by Gasteiger charge is -2.19. The fourth-order valence-corrected chi connectivity index (χ4v) is 5.60. The number of benzene rings is 3. The molecule has 0 unspecified atom stereocenters. The van der Waals surface area contributed by atoms with Gasteiger partial charge in [0.1, 0.15) is 19.8 Å². The van der Waals surface area contributed by atoms with E-state index in [9.17, 15) is 24.5 Å². The first-order valence-corrected chi connectivity index (χ1v) is 13.4. The molecular weight excluding hydrogens is 566 g/mol. The highest BCUT2D eigenvalue weighted by Gasteiger charge is 2.36. The molecule has 1 N–H and O–H groups in total. The first-order valence-electron chi connectivity index (χ1n) is 11.4. The van der Waals surface area contributed by atoms with Crippen LogP contribution in [0.1, 0.15) is 5.56 Å². The van der Waals surface area contributed by atoms with Crippen LogP contribution in [0.25, 0.3) is 6.08 Å². The van der Waals surface area contributed by atoms with Gasteiger partial charge in [-0.1, -0.05) is 29.4 Å². The second kappa shape index (κ2) is 11.4. The van der Waals surface area contributed by atoms with Crippen LogP contribution >= 0.6 is 35.1 Å². The van der Waals surface area contributed by atoms with Gasteiger partial charge < -0.3 is 14.8 Å². The van der Waals surface area contributed by atoms with Gasteiger partial charge in [-0.25, -0.2) is 0 Å². The highest BCUT2D eigenvalue weighted by Crippen LogP contribution is 2.38. The molecule has 198 valence electrons. The summed E-state index contributed by atoms with van der Waals surface area (Å²) in [6.07, 6.45) is 1.40. The first kappa shape index (κ1) is 26.6. The van der Waals surface area contributed by atoms with Crippen molar-refractivity contribution in [3.63, 3.8) is 0 Å². The molecule has 5 rings (SSSR count). The average molecular weight is 584 g/mol. The Bertz CT molecular complexity index is 1530. The maximum Gasteiger partial charge on any atom is 0.294 e. The third-order valence-electron chi connectivity index (χ3n) is 5.52. The average Bonchev–Trinajstić information content (AvgIpc) is 3.17. The molecule has 3 aromatic rings. The van der Waals surface area contributed by atoms with Crippen molar-refractivity contribution in [2.24, 2.45) is 0 Å². The molecule has 1 fully saturated rings. The number of nitrogens with zero attached hydrogens (tertiary/aromatic N) is 2. The number of carbonyl (C=O) groups is 3. The summed E-state index contributed by atoms with van der Waals surface area (Å²) in [7, 11) is 0. The van der Waals surface area contributed by atoms with Crippen molar-refractivity contribution in [1.29, 1.82) is 0 Å². The van der Waals surface area contributed by atoms with E-state index in [1.165, 1.54) is 23.9 Å². The lowest BCUT2D eigenvalue weighted by atomic mass is 10.2. The van der Waals surface area contributed by atoms with E-state index in [4.69, 9.17) is 21.1 Å². The molecule has 2 heterocycles. The molecule has 10 nitrogen and oxygen atoms in total. The summed E-state index contributed by atoms with van der Waals surface area (Å²) in [6, 6.07) is 16.3. The molecule has 39 heavy (non-hydrogen) atoms. The van der Waals surface area contributed by atoms with Gasteiger partial charge in [0, 0.05) is 27.7 Å². The quantitative estimate of drug-likeness (QED) is 0.207. The number of ether oxygens (including phenoxy) is 2. The number of nitro groups is 1. The number of nitrogens with one attached hydrogen (secondary N) is 1. The Morgan fingerprint density at radius 2 is 1.82 bits per heavy atom. The number of imide groups is 1. The summed E-state index contributed by atoms with van der Waals surface area (Å²) in [5, 5.41) is 14.3. The Balaban J connectivity index is 1.28. The van der Waals surface area contributed by atoms with E-state index < -0.39 is 28.5 Å². The maximum atomic E-state index is 12.9. The Labute approximate surface area is 235 Å². The van der Waals surface area contributed by atoms with Crippen LogP contribution in [0.5, 0.6) is 11.5 Å². The van der Waals surface area contributed by atoms with Crippen molar-refractivity contribution in [3.05, 3.63) is 86.3 Å². The lowest BCUT2D eigenvalue weighted by Crippen LogP contribution is -2.36. The molecule has 3 amide bonds. The SMILES string of the molecule is O=C(CN1C(=O)S/C(=C\c2ccc(Sc3ccc(Cl)cc3)c([N+](=O)[O-])c2)C1=O)Nc1ccc2c(c1)OCCO2. The van der Waals surface area contributed by atoms with E-state index in [0.717, 1.165) is 9.80 Å². The zero-order valence-corrected chi connectivity index (χ0v) is 22.3. The van der Waals surface area contributed by atoms with Gasteiger partial charge >= 0.3 is 0 Å². The van der Waals surface area contributed by atoms with Gasteiger partial charge in [0.15, 0.2) is 11.5 Å². The van der Waals surface area contributed by atoms with Crippen LogP contribution in [-0.2, 0) is 9.59 Å². The van der Waals surface area contributed by atoms with Crippen molar-refractivity contribution in [2.45, 2.75) is 9.79 Å². The van der Waals surface area contributed by atoms with E-state index in [1.54, 1.807) is 54.6 Å². The van der Waals surface area contributed by atoms with Gasteiger partial charge in [-0.2, -0.15) is 0 Å². The summed E-state index contributed by atoms with van der Waals surface area (Å²) >= 11 is 7.77. The summed E-state index contributed by atoms with van der Waals surface area (Å²) in [6.45, 7) is 0.332. The van der Waals surface area contributed by atoms with Crippen LogP contribution in [-0.4, -0.2) is 46.6 Å². The summed E-state index contributed by atoms with van der Waals surface area (Å²) in [5.41, 5.74) is 0.644. The Morgan fingerprint density at radius 3 is 2.56 bits per heavy atom. The van der Waals surface area contributed by atoms with Crippen LogP contribution in [0.4, 0.5) is 16.2 Å². The molecule has 13 heteroatoms. The Morgan fingerprint density at radius 1 is 1.08 bits per heavy atom. The van der Waals surface area contributed by atoms with Gasteiger partial charge in [0.2, 0.25) is 5.91 Å². The smallest absolute Gasteiger partial charge is 0.294 e. The van der Waals surface area contributed by atoms with Gasteiger partial charge in [-0.3, -0.25) is 29.4 Å².